The van der Waals surface area contributed by atoms with E-state index in [1.807, 2.05) is 19.1 Å². The number of hydrogen-bond donors (Lipinski definition) is 0. The maximum Gasteiger partial charge on any atom is 0.237 e. The van der Waals surface area contributed by atoms with Gasteiger partial charge in [-0.05, 0) is 49.4 Å². The first-order chi connectivity index (χ1) is 12.7. The van der Waals surface area contributed by atoms with Gasteiger partial charge in [0.05, 0.1) is 12.2 Å². The van der Waals surface area contributed by atoms with E-state index in [0.29, 0.717) is 35.3 Å². The number of benzene rings is 2. The second kappa shape index (κ2) is 6.79. The number of ether oxygens (including phenoxy) is 2. The van der Waals surface area contributed by atoms with Gasteiger partial charge in [-0.15, -0.1) is 15.3 Å². The Morgan fingerprint density at radius 3 is 2.46 bits per heavy atom. The van der Waals surface area contributed by atoms with E-state index in [4.69, 9.17) is 9.47 Å². The summed E-state index contributed by atoms with van der Waals surface area (Å²) in [4.78, 5) is 0. The highest BCUT2D eigenvalue weighted by Gasteiger charge is 2.14. The van der Waals surface area contributed by atoms with E-state index in [-0.39, 0.29) is 5.82 Å². The average molecular weight is 350 g/mol. The molecule has 6 nitrogen and oxygen atoms in total. The molecule has 26 heavy (non-hydrogen) atoms. The van der Waals surface area contributed by atoms with Crippen molar-refractivity contribution in [3.63, 3.8) is 0 Å². The fraction of sp³-hybridized carbons (Fsp3) is 0.105. The summed E-state index contributed by atoms with van der Waals surface area (Å²) < 4.78 is 26.7. The average Bonchev–Trinajstić information content (AvgIpc) is 3.07. The van der Waals surface area contributed by atoms with Crippen LogP contribution in [-0.2, 0) is 0 Å². The molecule has 7 heteroatoms. The standard InChI is InChI=1S/C19H15FN4O2/c1-2-25-13-7-9-14(10-8-13)26-18-12-11-17-21-22-19(24(17)23-18)15-5-3-4-6-16(15)20/h3-12H,2H2,1H3. The normalized spacial score (nSPS) is 10.8. The summed E-state index contributed by atoms with van der Waals surface area (Å²) in [6, 6.07) is 17.0. The monoisotopic (exact) mass is 350 g/mol. The van der Waals surface area contributed by atoms with E-state index >= 15 is 0 Å². The number of fused-ring (bicyclic) bond motifs is 1. The number of nitrogens with zero attached hydrogens (tertiary/aromatic N) is 4. The Morgan fingerprint density at radius 2 is 1.69 bits per heavy atom. The number of aromatic nitrogens is 4. The molecular weight excluding hydrogens is 335 g/mol. The number of hydrogen-bond acceptors (Lipinski definition) is 5. The highest BCUT2D eigenvalue weighted by atomic mass is 19.1. The molecule has 2 aromatic heterocycles. The zero-order valence-corrected chi connectivity index (χ0v) is 14.0. The van der Waals surface area contributed by atoms with Crippen molar-refractivity contribution < 1.29 is 13.9 Å². The minimum Gasteiger partial charge on any atom is -0.494 e. The smallest absolute Gasteiger partial charge is 0.237 e. The van der Waals surface area contributed by atoms with Gasteiger partial charge < -0.3 is 9.47 Å². The lowest BCUT2D eigenvalue weighted by atomic mass is 10.2. The van der Waals surface area contributed by atoms with Crippen molar-refractivity contribution in [2.75, 3.05) is 6.61 Å². The summed E-state index contributed by atoms with van der Waals surface area (Å²) in [7, 11) is 0. The predicted molar refractivity (Wildman–Crippen MR) is 93.9 cm³/mol. The molecule has 0 aliphatic heterocycles. The fourth-order valence-corrected chi connectivity index (χ4v) is 2.53. The van der Waals surface area contributed by atoms with Crippen molar-refractivity contribution in [1.29, 1.82) is 0 Å². The van der Waals surface area contributed by atoms with Gasteiger partial charge in [-0.3, -0.25) is 0 Å². The SMILES string of the molecule is CCOc1ccc(Oc2ccc3nnc(-c4ccccc4F)n3n2)cc1. The van der Waals surface area contributed by atoms with Gasteiger partial charge in [0.1, 0.15) is 17.3 Å². The molecule has 0 spiro atoms. The van der Waals surface area contributed by atoms with Crippen LogP contribution >= 0.6 is 0 Å². The molecule has 0 atom stereocenters. The minimum atomic E-state index is -0.388. The maximum absolute atomic E-state index is 14.1. The van der Waals surface area contributed by atoms with Crippen LogP contribution in [-0.4, -0.2) is 26.4 Å². The molecule has 0 aliphatic rings. The second-order valence-corrected chi connectivity index (χ2v) is 5.45. The Hall–Kier alpha value is -3.48. The minimum absolute atomic E-state index is 0.315. The van der Waals surface area contributed by atoms with Crippen LogP contribution in [0.4, 0.5) is 4.39 Å². The van der Waals surface area contributed by atoms with Crippen molar-refractivity contribution in [3.05, 3.63) is 66.5 Å². The summed E-state index contributed by atoms with van der Waals surface area (Å²) in [6.45, 7) is 2.53. The topological polar surface area (TPSA) is 61.5 Å². The Labute approximate surface area is 148 Å². The predicted octanol–water partition coefficient (Wildman–Crippen LogP) is 4.12. The van der Waals surface area contributed by atoms with Gasteiger partial charge >= 0.3 is 0 Å². The lowest BCUT2D eigenvalue weighted by molar-refractivity contribution is 0.339. The van der Waals surface area contributed by atoms with E-state index in [1.54, 1.807) is 42.5 Å². The van der Waals surface area contributed by atoms with Gasteiger partial charge in [-0.2, -0.15) is 4.52 Å². The van der Waals surface area contributed by atoms with Gasteiger partial charge in [0, 0.05) is 6.07 Å². The molecule has 0 N–H and O–H groups in total. The van der Waals surface area contributed by atoms with E-state index in [0.717, 1.165) is 5.75 Å². The molecule has 0 amide bonds. The van der Waals surface area contributed by atoms with Crippen LogP contribution in [0.3, 0.4) is 0 Å². The molecule has 4 rings (SSSR count). The van der Waals surface area contributed by atoms with Crippen LogP contribution in [0.2, 0.25) is 0 Å². The summed E-state index contributed by atoms with van der Waals surface area (Å²) in [5.74, 6) is 1.65. The quantitative estimate of drug-likeness (QED) is 0.542. The van der Waals surface area contributed by atoms with Gasteiger partial charge in [0.2, 0.25) is 5.88 Å². The van der Waals surface area contributed by atoms with E-state index in [1.165, 1.54) is 10.6 Å². The molecule has 0 aliphatic carbocycles. The third-order valence-corrected chi connectivity index (χ3v) is 3.71. The molecule has 2 aromatic carbocycles. The molecule has 0 unspecified atom stereocenters. The number of rotatable bonds is 5. The van der Waals surface area contributed by atoms with Crippen LogP contribution < -0.4 is 9.47 Å². The first-order valence-corrected chi connectivity index (χ1v) is 8.12. The Morgan fingerprint density at radius 1 is 0.923 bits per heavy atom. The molecular formula is C19H15FN4O2. The van der Waals surface area contributed by atoms with Crippen LogP contribution in [0, 0.1) is 5.82 Å². The summed E-state index contributed by atoms with van der Waals surface area (Å²) in [6.07, 6.45) is 0. The molecule has 130 valence electrons. The highest BCUT2D eigenvalue weighted by molar-refractivity contribution is 5.59. The zero-order valence-electron chi connectivity index (χ0n) is 14.0. The van der Waals surface area contributed by atoms with Gasteiger partial charge in [0.25, 0.3) is 0 Å². The molecule has 2 heterocycles. The largest absolute Gasteiger partial charge is 0.494 e. The summed E-state index contributed by atoms with van der Waals surface area (Å²) in [5, 5.41) is 12.5. The molecule has 0 saturated carbocycles. The Bertz CT molecular complexity index is 1050. The fourth-order valence-electron chi connectivity index (χ4n) is 2.53. The maximum atomic E-state index is 14.1. The van der Waals surface area contributed by atoms with Crippen molar-refractivity contribution in [2.45, 2.75) is 6.92 Å². The molecule has 0 bridgehead atoms. The van der Waals surface area contributed by atoms with Crippen molar-refractivity contribution in [2.24, 2.45) is 0 Å². The second-order valence-electron chi connectivity index (χ2n) is 5.45. The lowest BCUT2D eigenvalue weighted by Crippen LogP contribution is -1.99. The third-order valence-electron chi connectivity index (χ3n) is 3.71. The van der Waals surface area contributed by atoms with Crippen LogP contribution in [0.25, 0.3) is 17.0 Å². The van der Waals surface area contributed by atoms with Crippen molar-refractivity contribution in [3.8, 4) is 28.8 Å². The highest BCUT2D eigenvalue weighted by Crippen LogP contribution is 2.25. The summed E-state index contributed by atoms with van der Waals surface area (Å²) in [5.41, 5.74) is 0.827. The Balaban J connectivity index is 1.67. The van der Waals surface area contributed by atoms with Crippen LogP contribution in [0.1, 0.15) is 6.92 Å². The molecule has 4 aromatic rings. The third kappa shape index (κ3) is 3.06. The molecule has 0 radical (unpaired) electrons. The first-order valence-electron chi connectivity index (χ1n) is 8.12. The summed E-state index contributed by atoms with van der Waals surface area (Å²) >= 11 is 0. The zero-order chi connectivity index (χ0) is 17.9. The van der Waals surface area contributed by atoms with Gasteiger partial charge in [0.15, 0.2) is 11.5 Å². The molecule has 0 fully saturated rings. The van der Waals surface area contributed by atoms with E-state index < -0.39 is 0 Å². The Kier molecular flexibility index (Phi) is 4.18. The van der Waals surface area contributed by atoms with Crippen molar-refractivity contribution >= 4 is 5.65 Å². The van der Waals surface area contributed by atoms with Gasteiger partial charge in [-0.25, -0.2) is 4.39 Å². The van der Waals surface area contributed by atoms with E-state index in [2.05, 4.69) is 15.3 Å². The first kappa shape index (κ1) is 16.0. The van der Waals surface area contributed by atoms with E-state index in [9.17, 15) is 4.39 Å². The van der Waals surface area contributed by atoms with Crippen molar-refractivity contribution in [1.82, 2.24) is 19.8 Å². The van der Waals surface area contributed by atoms with Crippen LogP contribution in [0.15, 0.2) is 60.7 Å². The number of halogens is 1. The lowest BCUT2D eigenvalue weighted by Gasteiger charge is -2.07. The van der Waals surface area contributed by atoms with Gasteiger partial charge in [-0.1, -0.05) is 12.1 Å². The van der Waals surface area contributed by atoms with Crippen LogP contribution in [0.5, 0.6) is 17.4 Å². The molecule has 0 saturated heterocycles.